The van der Waals surface area contributed by atoms with Gasteiger partial charge in [0, 0.05) is 43.9 Å². The first-order valence-electron chi connectivity index (χ1n) is 14.9. The van der Waals surface area contributed by atoms with E-state index in [0.29, 0.717) is 56.8 Å². The zero-order chi connectivity index (χ0) is 31.1. The third kappa shape index (κ3) is 7.49. The summed E-state index contributed by atoms with van der Waals surface area (Å²) in [5.74, 6) is 0.716. The van der Waals surface area contributed by atoms with E-state index in [2.05, 4.69) is 25.4 Å². The summed E-state index contributed by atoms with van der Waals surface area (Å²) < 4.78 is 29.4. The number of imidazole rings is 1. The molecule has 0 radical (unpaired) electrons. The summed E-state index contributed by atoms with van der Waals surface area (Å²) in [6.07, 6.45) is 1.76. The van der Waals surface area contributed by atoms with Crippen molar-refractivity contribution in [3.05, 3.63) is 102 Å². The first-order chi connectivity index (χ1) is 21.2. The molecule has 0 saturated carbocycles. The fourth-order valence-electron chi connectivity index (χ4n) is 5.43. The molecule has 10 heteroatoms. The van der Waals surface area contributed by atoms with E-state index in [1.165, 1.54) is 24.3 Å². The molecule has 0 spiro atoms. The maximum absolute atomic E-state index is 13.7. The summed E-state index contributed by atoms with van der Waals surface area (Å²) in [6, 6.07) is 22.1. The number of hydrogen-bond donors (Lipinski definition) is 3. The van der Waals surface area contributed by atoms with Gasteiger partial charge in [-0.05, 0) is 80.8 Å². The van der Waals surface area contributed by atoms with Gasteiger partial charge in [0.05, 0.1) is 12.1 Å². The van der Waals surface area contributed by atoms with Crippen LogP contribution in [0.1, 0.15) is 38.1 Å². The molecule has 1 aliphatic rings. The van der Waals surface area contributed by atoms with E-state index in [4.69, 9.17) is 4.98 Å². The number of halogens is 2. The fourth-order valence-corrected chi connectivity index (χ4v) is 5.43. The third-order valence-electron chi connectivity index (χ3n) is 7.94. The molecule has 0 atom stereocenters. The predicted octanol–water partition coefficient (Wildman–Crippen LogP) is 5.38. The molecule has 5 rings (SSSR count). The van der Waals surface area contributed by atoms with Crippen molar-refractivity contribution in [2.24, 2.45) is 0 Å². The molecule has 0 fully saturated rings. The topological polar surface area (TPSA) is 91.3 Å². The van der Waals surface area contributed by atoms with Gasteiger partial charge in [-0.1, -0.05) is 30.3 Å². The molecule has 0 unspecified atom stereocenters. The smallest absolute Gasteiger partial charge is 0.234 e. The molecule has 230 valence electrons. The van der Waals surface area contributed by atoms with Crippen molar-refractivity contribution in [2.75, 3.05) is 31.5 Å². The van der Waals surface area contributed by atoms with Crippen LogP contribution in [-0.4, -0.2) is 52.4 Å². The van der Waals surface area contributed by atoms with Crippen LogP contribution >= 0.6 is 0 Å². The number of hydrogen-bond acceptors (Lipinski definition) is 5. The minimum absolute atomic E-state index is 0.000887. The van der Waals surface area contributed by atoms with Gasteiger partial charge >= 0.3 is 0 Å². The van der Waals surface area contributed by atoms with Gasteiger partial charge in [0.15, 0.2) is 0 Å². The maximum Gasteiger partial charge on any atom is 0.234 e. The molecule has 1 aromatic heterocycles. The number of fused-ring (bicyclic) bond motifs is 1. The quantitative estimate of drug-likeness (QED) is 0.190. The number of carbonyl (C=O) groups excluding carboxylic acids is 2. The highest BCUT2D eigenvalue weighted by molar-refractivity contribution is 5.79. The average molecular weight is 601 g/mol. The highest BCUT2D eigenvalue weighted by Gasteiger charge is 2.39. The first kappa shape index (κ1) is 30.9. The highest BCUT2D eigenvalue weighted by Crippen LogP contribution is 2.39. The van der Waals surface area contributed by atoms with Gasteiger partial charge in [-0.15, -0.1) is 0 Å². The van der Waals surface area contributed by atoms with Gasteiger partial charge in [0.25, 0.3) is 0 Å². The number of nitrogens with one attached hydrogen (secondary N) is 3. The van der Waals surface area contributed by atoms with Gasteiger partial charge < -0.3 is 20.5 Å². The summed E-state index contributed by atoms with van der Waals surface area (Å²) in [7, 11) is 0. The van der Waals surface area contributed by atoms with Gasteiger partial charge in [0.1, 0.15) is 29.0 Å². The zero-order valence-electron chi connectivity index (χ0n) is 25.1. The van der Waals surface area contributed by atoms with E-state index in [1.807, 2.05) is 44.2 Å². The Morgan fingerprint density at radius 2 is 1.48 bits per heavy atom. The van der Waals surface area contributed by atoms with Crippen LogP contribution in [-0.2, 0) is 28.1 Å². The largest absolute Gasteiger partial charge is 0.356 e. The maximum atomic E-state index is 13.7. The van der Waals surface area contributed by atoms with Gasteiger partial charge in [-0.25, -0.2) is 13.8 Å². The number of aryl methyl sites for hydroxylation is 1. The van der Waals surface area contributed by atoms with Crippen LogP contribution in [0.25, 0.3) is 11.3 Å². The van der Waals surface area contributed by atoms with E-state index in [9.17, 15) is 18.4 Å². The number of anilines is 2. The second-order valence-electron chi connectivity index (χ2n) is 11.4. The molecule has 3 N–H and O–H groups in total. The Balaban J connectivity index is 1.19. The van der Waals surface area contributed by atoms with Crippen molar-refractivity contribution in [2.45, 2.75) is 45.2 Å². The van der Waals surface area contributed by atoms with Crippen molar-refractivity contribution in [1.82, 2.24) is 25.1 Å². The first-order valence-corrected chi connectivity index (χ1v) is 14.9. The molecule has 44 heavy (non-hydrogen) atoms. The lowest BCUT2D eigenvalue weighted by molar-refractivity contribution is -0.124. The number of amides is 2. The molecule has 1 aliphatic heterocycles. The minimum Gasteiger partial charge on any atom is -0.356 e. The molecule has 0 aliphatic carbocycles. The molecule has 2 heterocycles. The van der Waals surface area contributed by atoms with Gasteiger partial charge in [0.2, 0.25) is 11.8 Å². The van der Waals surface area contributed by atoms with E-state index >= 15 is 0 Å². The molecule has 2 amide bonds. The van der Waals surface area contributed by atoms with Crippen LogP contribution in [0.2, 0.25) is 0 Å². The van der Waals surface area contributed by atoms with E-state index in [1.54, 1.807) is 24.3 Å². The number of carbonyl (C=O) groups is 2. The summed E-state index contributed by atoms with van der Waals surface area (Å²) in [5, 5.41) is 9.28. The molecule has 8 nitrogen and oxygen atoms in total. The number of nitrogens with zero attached hydrogens (tertiary/aromatic N) is 3. The Bertz CT molecular complexity index is 1570. The number of benzene rings is 3. The van der Waals surface area contributed by atoms with Crippen molar-refractivity contribution in [3.8, 4) is 11.3 Å². The normalized spacial score (nSPS) is 14.1. The summed E-state index contributed by atoms with van der Waals surface area (Å²) in [5.41, 5.74) is 2.62. The highest BCUT2D eigenvalue weighted by atomic mass is 19.1. The van der Waals surface area contributed by atoms with Crippen LogP contribution in [0.5, 0.6) is 0 Å². The Kier molecular flexibility index (Phi) is 9.69. The lowest BCUT2D eigenvalue weighted by Crippen LogP contribution is -2.52. The van der Waals surface area contributed by atoms with Crippen molar-refractivity contribution in [1.29, 1.82) is 0 Å². The zero-order valence-corrected chi connectivity index (χ0v) is 25.1. The van der Waals surface area contributed by atoms with Gasteiger partial charge in [-0.2, -0.15) is 0 Å². The average Bonchev–Trinajstić information content (AvgIpc) is 3.39. The standard InChI is InChI=1S/C34H38F2N6O2/c1-34(2)33-40-31(25-10-12-26(35)13-11-25)32(39-28-16-14-27(36)15-17-28)42(33)22-21-41(34)23-30(44)38-20-6-19-37-29(43)18-9-24-7-4-3-5-8-24/h3-5,7-8,10-17,39H,6,9,18-23H2,1-2H3,(H,37,43)(H,38,44). The second kappa shape index (κ2) is 13.8. The minimum atomic E-state index is -0.597. The van der Waals surface area contributed by atoms with Crippen molar-refractivity contribution < 1.29 is 18.4 Å². The van der Waals surface area contributed by atoms with E-state index in [0.717, 1.165) is 22.8 Å². The predicted molar refractivity (Wildman–Crippen MR) is 167 cm³/mol. The van der Waals surface area contributed by atoms with Crippen LogP contribution in [0.4, 0.5) is 20.3 Å². The van der Waals surface area contributed by atoms with E-state index in [-0.39, 0.29) is 30.0 Å². The second-order valence-corrected chi connectivity index (χ2v) is 11.4. The number of aromatic nitrogens is 2. The summed E-state index contributed by atoms with van der Waals surface area (Å²) in [6.45, 7) is 6.37. The molecular weight excluding hydrogens is 562 g/mol. The van der Waals surface area contributed by atoms with Crippen molar-refractivity contribution in [3.63, 3.8) is 0 Å². The molecular formula is C34H38F2N6O2. The van der Waals surface area contributed by atoms with Crippen molar-refractivity contribution >= 4 is 23.3 Å². The van der Waals surface area contributed by atoms with Crippen LogP contribution in [0, 0.1) is 11.6 Å². The van der Waals surface area contributed by atoms with Crippen LogP contribution in [0.3, 0.4) is 0 Å². The van der Waals surface area contributed by atoms with E-state index < -0.39 is 5.54 Å². The third-order valence-corrected chi connectivity index (χ3v) is 7.94. The lowest BCUT2D eigenvalue weighted by Gasteiger charge is -2.42. The molecule has 4 aromatic rings. The Hall–Kier alpha value is -4.57. The van der Waals surface area contributed by atoms with Crippen LogP contribution in [0.15, 0.2) is 78.9 Å². The van der Waals surface area contributed by atoms with Crippen LogP contribution < -0.4 is 16.0 Å². The number of rotatable bonds is 12. The SMILES string of the molecule is CC1(C)c2nc(-c3ccc(F)cc3)c(Nc3ccc(F)cc3)n2CCN1CC(=O)NCCCNC(=O)CCc1ccccc1. The molecule has 3 aromatic carbocycles. The fraction of sp³-hybridized carbons (Fsp3) is 0.324. The molecule has 0 saturated heterocycles. The lowest BCUT2D eigenvalue weighted by atomic mass is 9.99. The Morgan fingerprint density at radius 3 is 2.16 bits per heavy atom. The summed E-state index contributed by atoms with van der Waals surface area (Å²) in [4.78, 5) is 32.2. The van der Waals surface area contributed by atoms with Gasteiger partial charge in [-0.3, -0.25) is 14.5 Å². The molecule has 0 bridgehead atoms. The summed E-state index contributed by atoms with van der Waals surface area (Å²) >= 11 is 0. The Labute approximate surface area is 256 Å². The Morgan fingerprint density at radius 1 is 0.841 bits per heavy atom. The monoisotopic (exact) mass is 600 g/mol.